The van der Waals surface area contributed by atoms with Crippen molar-refractivity contribution in [2.45, 2.75) is 5.41 Å². The van der Waals surface area contributed by atoms with E-state index in [4.69, 9.17) is 15.0 Å². The molecule has 1 aliphatic rings. The molecule has 0 saturated carbocycles. The van der Waals surface area contributed by atoms with Crippen molar-refractivity contribution in [3.05, 3.63) is 197 Å². The summed E-state index contributed by atoms with van der Waals surface area (Å²) in [5.41, 5.74) is 7.31. The molecule has 1 aliphatic carbocycles. The van der Waals surface area contributed by atoms with Crippen molar-refractivity contribution in [1.29, 1.82) is 0 Å². The molecule has 0 bridgehead atoms. The van der Waals surface area contributed by atoms with Crippen LogP contribution in [0.5, 0.6) is 0 Å². The zero-order valence-electron chi connectivity index (χ0n) is 24.3. The van der Waals surface area contributed by atoms with Crippen molar-refractivity contribution in [2.24, 2.45) is 0 Å². The third kappa shape index (κ3) is 4.38. The average molecular weight is 578 g/mol. The molecule has 4 nitrogen and oxygen atoms in total. The van der Waals surface area contributed by atoms with Crippen LogP contribution in [0.15, 0.2) is 164 Å². The van der Waals surface area contributed by atoms with E-state index in [0.29, 0.717) is 28.6 Å². The molecule has 0 aliphatic heterocycles. The molecule has 0 N–H and O–H groups in total. The quantitative estimate of drug-likeness (QED) is 0.205. The molecule has 212 valence electrons. The van der Waals surface area contributed by atoms with Crippen molar-refractivity contribution >= 4 is 5.78 Å². The topological polar surface area (TPSA) is 55.7 Å². The van der Waals surface area contributed by atoms with Crippen LogP contribution in [0.25, 0.3) is 34.2 Å². The van der Waals surface area contributed by atoms with Gasteiger partial charge < -0.3 is 0 Å². The van der Waals surface area contributed by atoms with Gasteiger partial charge in [0.25, 0.3) is 0 Å². The van der Waals surface area contributed by atoms with Crippen molar-refractivity contribution in [2.75, 3.05) is 0 Å². The van der Waals surface area contributed by atoms with Gasteiger partial charge in [0.2, 0.25) is 0 Å². The second kappa shape index (κ2) is 10.9. The van der Waals surface area contributed by atoms with E-state index in [1.165, 1.54) is 0 Å². The Labute approximate surface area is 261 Å². The minimum absolute atomic E-state index is 0.00874. The highest BCUT2D eigenvalue weighted by Crippen LogP contribution is 2.51. The van der Waals surface area contributed by atoms with Crippen LogP contribution in [-0.4, -0.2) is 20.7 Å². The van der Waals surface area contributed by atoms with E-state index in [-0.39, 0.29) is 5.78 Å². The lowest BCUT2D eigenvalue weighted by Crippen LogP contribution is -2.38. The molecule has 0 spiro atoms. The third-order valence-electron chi connectivity index (χ3n) is 8.62. The number of rotatable bonds is 5. The Hall–Kier alpha value is -6.00. The van der Waals surface area contributed by atoms with Gasteiger partial charge in [-0.15, -0.1) is 0 Å². The van der Waals surface area contributed by atoms with Gasteiger partial charge >= 0.3 is 0 Å². The number of hydrogen-bond acceptors (Lipinski definition) is 4. The van der Waals surface area contributed by atoms with Crippen LogP contribution in [0, 0.1) is 0 Å². The molecule has 0 radical (unpaired) electrons. The summed E-state index contributed by atoms with van der Waals surface area (Å²) < 4.78 is 0. The van der Waals surface area contributed by atoms with E-state index in [0.717, 1.165) is 38.9 Å². The maximum Gasteiger partial charge on any atom is 0.193 e. The molecule has 0 unspecified atom stereocenters. The molecule has 0 amide bonds. The van der Waals surface area contributed by atoms with E-state index in [1.54, 1.807) is 0 Å². The van der Waals surface area contributed by atoms with Gasteiger partial charge in [-0.1, -0.05) is 158 Å². The van der Waals surface area contributed by atoms with Gasteiger partial charge in [0.1, 0.15) is 0 Å². The molecule has 0 fully saturated rings. The third-order valence-corrected chi connectivity index (χ3v) is 8.62. The molecular weight excluding hydrogens is 550 g/mol. The lowest BCUT2D eigenvalue weighted by Gasteiger charge is -2.41. The maximum absolute atomic E-state index is 14.4. The van der Waals surface area contributed by atoms with Crippen LogP contribution in [0.3, 0.4) is 0 Å². The van der Waals surface area contributed by atoms with E-state index in [2.05, 4.69) is 60.7 Å². The summed E-state index contributed by atoms with van der Waals surface area (Å²) in [4.78, 5) is 29.1. The summed E-state index contributed by atoms with van der Waals surface area (Å²) in [5.74, 6) is 1.67. The van der Waals surface area contributed by atoms with Crippen molar-refractivity contribution in [3.63, 3.8) is 0 Å². The first kappa shape index (κ1) is 26.6. The summed E-state index contributed by atoms with van der Waals surface area (Å²) in [7, 11) is 0. The van der Waals surface area contributed by atoms with Gasteiger partial charge in [-0.2, -0.15) is 0 Å². The Morgan fingerprint density at radius 3 is 1.33 bits per heavy atom. The summed E-state index contributed by atoms with van der Waals surface area (Å²) in [6, 6.07) is 54.9. The lowest BCUT2D eigenvalue weighted by molar-refractivity contribution is 0.103. The first-order valence-electron chi connectivity index (χ1n) is 15.0. The number of carbonyl (C=O) groups excluding carboxylic acids is 1. The van der Waals surface area contributed by atoms with Crippen LogP contribution >= 0.6 is 0 Å². The summed E-state index contributed by atoms with van der Waals surface area (Å²) in [6.45, 7) is 0. The minimum atomic E-state index is -0.690. The largest absolute Gasteiger partial charge is 0.289 e. The molecule has 1 heterocycles. The molecule has 6 aromatic carbocycles. The van der Waals surface area contributed by atoms with Crippen LogP contribution < -0.4 is 0 Å². The number of nitrogens with zero attached hydrogens (tertiary/aromatic N) is 3. The first-order valence-corrected chi connectivity index (χ1v) is 15.0. The van der Waals surface area contributed by atoms with Crippen LogP contribution in [-0.2, 0) is 5.41 Å². The van der Waals surface area contributed by atoms with Crippen molar-refractivity contribution in [3.8, 4) is 34.2 Å². The monoisotopic (exact) mass is 577 g/mol. The standard InChI is InChI=1S/C41H27N3O/c45-37-33-23-13-14-24-35(33)41(31-19-9-3-10-20-31,32-21-11-4-12-22-32)36-26-25-30(27-34(36)37)40-43-38(28-15-5-1-6-16-28)42-39(44-40)29-17-7-2-8-18-29/h1-27H. The van der Waals surface area contributed by atoms with Crippen LogP contribution in [0.4, 0.5) is 0 Å². The highest BCUT2D eigenvalue weighted by atomic mass is 16.1. The average Bonchev–Trinajstić information content (AvgIpc) is 3.13. The molecule has 1 aromatic heterocycles. The molecule has 0 atom stereocenters. The van der Waals surface area contributed by atoms with Crippen LogP contribution in [0.2, 0.25) is 0 Å². The van der Waals surface area contributed by atoms with Crippen molar-refractivity contribution in [1.82, 2.24) is 15.0 Å². The highest BCUT2D eigenvalue weighted by Gasteiger charge is 2.46. The first-order chi connectivity index (χ1) is 22.2. The number of aromatic nitrogens is 3. The number of ketones is 1. The Balaban J connectivity index is 1.39. The zero-order chi connectivity index (χ0) is 30.2. The van der Waals surface area contributed by atoms with E-state index < -0.39 is 5.41 Å². The highest BCUT2D eigenvalue weighted by molar-refractivity contribution is 6.14. The van der Waals surface area contributed by atoms with Gasteiger partial charge in [-0.3, -0.25) is 4.79 Å². The molecule has 0 saturated heterocycles. The molecule has 4 heteroatoms. The molecule has 8 rings (SSSR count). The number of benzene rings is 6. The van der Waals surface area contributed by atoms with Crippen LogP contribution in [0.1, 0.15) is 38.2 Å². The smallest absolute Gasteiger partial charge is 0.193 e. The Morgan fingerprint density at radius 2 is 0.800 bits per heavy atom. The second-order valence-electron chi connectivity index (χ2n) is 11.2. The lowest BCUT2D eigenvalue weighted by atomic mass is 9.59. The molecule has 45 heavy (non-hydrogen) atoms. The van der Waals surface area contributed by atoms with Gasteiger partial charge in [0.05, 0.1) is 5.41 Å². The Morgan fingerprint density at radius 1 is 0.378 bits per heavy atom. The Kier molecular flexibility index (Phi) is 6.46. The molecule has 7 aromatic rings. The van der Waals surface area contributed by atoms with E-state index in [9.17, 15) is 4.79 Å². The minimum Gasteiger partial charge on any atom is -0.289 e. The SMILES string of the molecule is O=C1c2ccccc2C(c2ccccc2)(c2ccccc2)c2ccc(-c3nc(-c4ccccc4)nc(-c4ccccc4)n3)cc21. The number of hydrogen-bond donors (Lipinski definition) is 0. The number of fused-ring (bicyclic) bond motifs is 2. The zero-order valence-corrected chi connectivity index (χ0v) is 24.3. The fraction of sp³-hybridized carbons (Fsp3) is 0.0244. The van der Waals surface area contributed by atoms with E-state index in [1.807, 2.05) is 103 Å². The fourth-order valence-electron chi connectivity index (χ4n) is 6.60. The van der Waals surface area contributed by atoms with Gasteiger partial charge in [-0.05, 0) is 28.3 Å². The Bertz CT molecular complexity index is 2070. The fourth-order valence-corrected chi connectivity index (χ4v) is 6.60. The number of carbonyl (C=O) groups is 1. The summed E-state index contributed by atoms with van der Waals surface area (Å²) >= 11 is 0. The predicted octanol–water partition coefficient (Wildman–Crippen LogP) is 8.80. The summed E-state index contributed by atoms with van der Waals surface area (Å²) in [6.07, 6.45) is 0. The predicted molar refractivity (Wildman–Crippen MR) is 178 cm³/mol. The van der Waals surface area contributed by atoms with E-state index >= 15 is 0 Å². The molecular formula is C41H27N3O. The van der Waals surface area contributed by atoms with Gasteiger partial charge in [0, 0.05) is 27.8 Å². The normalized spacial score (nSPS) is 13.1. The second-order valence-corrected chi connectivity index (χ2v) is 11.2. The maximum atomic E-state index is 14.4. The van der Waals surface area contributed by atoms with Gasteiger partial charge in [-0.25, -0.2) is 15.0 Å². The van der Waals surface area contributed by atoms with Crippen molar-refractivity contribution < 1.29 is 4.79 Å². The van der Waals surface area contributed by atoms with Gasteiger partial charge in [0.15, 0.2) is 23.3 Å². The summed E-state index contributed by atoms with van der Waals surface area (Å²) in [5, 5.41) is 0.